The van der Waals surface area contributed by atoms with Crippen LogP contribution in [0.5, 0.6) is 0 Å². The van der Waals surface area contributed by atoms with E-state index in [1.807, 2.05) is 0 Å². The lowest BCUT2D eigenvalue weighted by Gasteiger charge is -2.14. The lowest BCUT2D eigenvalue weighted by atomic mass is 10.0. The van der Waals surface area contributed by atoms with E-state index in [0.717, 1.165) is 6.07 Å². The van der Waals surface area contributed by atoms with Crippen LogP contribution in [0, 0.1) is 0 Å². The molecule has 1 aromatic carbocycles. The predicted octanol–water partition coefficient (Wildman–Crippen LogP) is 3.53. The van der Waals surface area contributed by atoms with Gasteiger partial charge >= 0.3 is 12.1 Å². The molecule has 1 rings (SSSR count). The minimum absolute atomic E-state index is 0.0155. The Morgan fingerprint density at radius 2 is 2.12 bits per heavy atom. The lowest BCUT2D eigenvalue weighted by molar-refractivity contribution is -0.138. The van der Waals surface area contributed by atoms with E-state index in [1.165, 1.54) is 25.1 Å². The highest BCUT2D eigenvalue weighted by molar-refractivity contribution is 5.95. The molecular formula is C12H11F3O2. The van der Waals surface area contributed by atoms with Crippen molar-refractivity contribution in [3.05, 3.63) is 41.5 Å². The van der Waals surface area contributed by atoms with Gasteiger partial charge in [0, 0.05) is 0 Å². The molecule has 0 aliphatic rings. The Hall–Kier alpha value is -1.78. The van der Waals surface area contributed by atoms with Crippen molar-refractivity contribution in [1.82, 2.24) is 0 Å². The molecule has 0 atom stereocenters. The summed E-state index contributed by atoms with van der Waals surface area (Å²) >= 11 is 0. The smallest absolute Gasteiger partial charge is 0.417 e. The highest BCUT2D eigenvalue weighted by Crippen LogP contribution is 2.34. The molecule has 0 fully saturated rings. The molecule has 0 aromatic heterocycles. The van der Waals surface area contributed by atoms with Crippen molar-refractivity contribution in [3.8, 4) is 0 Å². The summed E-state index contributed by atoms with van der Waals surface area (Å²) in [4.78, 5) is 11.5. The second-order valence-electron chi connectivity index (χ2n) is 3.19. The molecule has 1 aromatic rings. The van der Waals surface area contributed by atoms with Gasteiger partial charge < -0.3 is 4.74 Å². The first-order valence-electron chi connectivity index (χ1n) is 4.91. The van der Waals surface area contributed by atoms with Crippen LogP contribution >= 0.6 is 0 Å². The summed E-state index contributed by atoms with van der Waals surface area (Å²) in [5.74, 6) is -0.990. The third-order valence-corrected chi connectivity index (χ3v) is 2.10. The average molecular weight is 244 g/mol. The summed E-state index contributed by atoms with van der Waals surface area (Å²) in [5, 5.41) is 0. The zero-order valence-electron chi connectivity index (χ0n) is 9.17. The van der Waals surface area contributed by atoms with Gasteiger partial charge in [0.15, 0.2) is 0 Å². The number of rotatable bonds is 3. The fraction of sp³-hybridized carbons (Fsp3) is 0.250. The molecule has 0 aliphatic carbocycles. The molecular weight excluding hydrogens is 233 g/mol. The summed E-state index contributed by atoms with van der Waals surface area (Å²) in [6.45, 7) is 4.93. The van der Waals surface area contributed by atoms with E-state index >= 15 is 0 Å². The molecule has 17 heavy (non-hydrogen) atoms. The molecule has 0 N–H and O–H groups in total. The highest BCUT2D eigenvalue weighted by Gasteiger charge is 2.36. The zero-order chi connectivity index (χ0) is 13.1. The zero-order valence-corrected chi connectivity index (χ0v) is 9.17. The van der Waals surface area contributed by atoms with Gasteiger partial charge in [0.25, 0.3) is 0 Å². The average Bonchev–Trinajstić information content (AvgIpc) is 2.27. The van der Waals surface area contributed by atoms with Gasteiger partial charge in [-0.1, -0.05) is 24.8 Å². The van der Waals surface area contributed by atoms with Crippen LogP contribution < -0.4 is 0 Å². The first-order chi connectivity index (χ1) is 7.91. The summed E-state index contributed by atoms with van der Waals surface area (Å²) < 4.78 is 42.8. The lowest BCUT2D eigenvalue weighted by Crippen LogP contribution is -2.16. The van der Waals surface area contributed by atoms with Crippen molar-refractivity contribution < 1.29 is 22.7 Å². The number of ether oxygens (including phenoxy) is 1. The maximum atomic E-state index is 12.7. The first kappa shape index (κ1) is 13.3. The van der Waals surface area contributed by atoms with Gasteiger partial charge in [-0.25, -0.2) is 4.79 Å². The van der Waals surface area contributed by atoms with Crippen molar-refractivity contribution >= 4 is 12.0 Å². The molecule has 0 saturated carbocycles. The molecule has 0 bridgehead atoms. The standard InChI is InChI=1S/C12H11F3O2/c1-3-8-6-5-7-9(12(13,14)15)10(8)11(16)17-4-2/h3,5-7H,1,4H2,2H3. The van der Waals surface area contributed by atoms with Crippen molar-refractivity contribution in [3.63, 3.8) is 0 Å². The second-order valence-corrected chi connectivity index (χ2v) is 3.19. The van der Waals surface area contributed by atoms with Gasteiger partial charge in [-0.15, -0.1) is 0 Å². The second kappa shape index (κ2) is 5.03. The van der Waals surface area contributed by atoms with E-state index in [1.54, 1.807) is 0 Å². The normalized spacial score (nSPS) is 11.1. The van der Waals surface area contributed by atoms with E-state index in [9.17, 15) is 18.0 Å². The molecule has 2 nitrogen and oxygen atoms in total. The van der Waals surface area contributed by atoms with Crippen LogP contribution in [-0.2, 0) is 10.9 Å². The quantitative estimate of drug-likeness (QED) is 0.760. The maximum Gasteiger partial charge on any atom is 0.417 e. The molecule has 0 spiro atoms. The SMILES string of the molecule is C=Cc1cccc(C(F)(F)F)c1C(=O)OCC. The van der Waals surface area contributed by atoms with Crippen LogP contribution in [0.3, 0.4) is 0 Å². The van der Waals surface area contributed by atoms with Crippen LogP contribution in [0.4, 0.5) is 13.2 Å². The van der Waals surface area contributed by atoms with Crippen LogP contribution in [0.2, 0.25) is 0 Å². The Morgan fingerprint density at radius 3 is 2.59 bits per heavy atom. The van der Waals surface area contributed by atoms with E-state index < -0.39 is 23.3 Å². The van der Waals surface area contributed by atoms with E-state index in [-0.39, 0.29) is 12.2 Å². The summed E-state index contributed by atoms with van der Waals surface area (Å²) in [6, 6.07) is 3.45. The largest absolute Gasteiger partial charge is 0.462 e. The van der Waals surface area contributed by atoms with Gasteiger partial charge in [-0.3, -0.25) is 0 Å². The van der Waals surface area contributed by atoms with E-state index in [0.29, 0.717) is 0 Å². The molecule has 0 unspecified atom stereocenters. The molecule has 0 amide bonds. The van der Waals surface area contributed by atoms with E-state index in [2.05, 4.69) is 11.3 Å². The van der Waals surface area contributed by atoms with Crippen molar-refractivity contribution in [2.24, 2.45) is 0 Å². The molecule has 5 heteroatoms. The van der Waals surface area contributed by atoms with Crippen molar-refractivity contribution in [2.75, 3.05) is 6.61 Å². The predicted molar refractivity (Wildman–Crippen MR) is 57.5 cm³/mol. The number of benzene rings is 1. The molecule has 92 valence electrons. The fourth-order valence-corrected chi connectivity index (χ4v) is 1.41. The van der Waals surface area contributed by atoms with Crippen molar-refractivity contribution in [1.29, 1.82) is 0 Å². The summed E-state index contributed by atoms with van der Waals surface area (Å²) in [6.07, 6.45) is -3.40. The number of hydrogen-bond donors (Lipinski definition) is 0. The Balaban J connectivity index is 3.41. The minimum Gasteiger partial charge on any atom is -0.462 e. The number of esters is 1. The van der Waals surface area contributed by atoms with Gasteiger partial charge in [-0.2, -0.15) is 13.2 Å². The minimum atomic E-state index is -4.60. The molecule has 0 aliphatic heterocycles. The Kier molecular flexibility index (Phi) is 3.93. The third-order valence-electron chi connectivity index (χ3n) is 2.10. The number of carbonyl (C=O) groups excluding carboxylic acids is 1. The topological polar surface area (TPSA) is 26.3 Å². The Bertz CT molecular complexity index is 436. The van der Waals surface area contributed by atoms with Gasteiger partial charge in [0.2, 0.25) is 0 Å². The van der Waals surface area contributed by atoms with Crippen LogP contribution in [-0.4, -0.2) is 12.6 Å². The molecule has 0 radical (unpaired) electrons. The van der Waals surface area contributed by atoms with Crippen LogP contribution in [0.15, 0.2) is 24.8 Å². The Morgan fingerprint density at radius 1 is 1.47 bits per heavy atom. The van der Waals surface area contributed by atoms with Crippen molar-refractivity contribution in [2.45, 2.75) is 13.1 Å². The number of halogens is 3. The molecule has 0 saturated heterocycles. The highest BCUT2D eigenvalue weighted by atomic mass is 19.4. The number of hydrogen-bond acceptors (Lipinski definition) is 2. The number of alkyl halides is 3. The van der Waals surface area contributed by atoms with Gasteiger partial charge in [0.1, 0.15) is 0 Å². The third kappa shape index (κ3) is 2.87. The maximum absolute atomic E-state index is 12.7. The van der Waals surface area contributed by atoms with Gasteiger partial charge in [0.05, 0.1) is 17.7 Å². The molecule has 0 heterocycles. The van der Waals surface area contributed by atoms with E-state index in [4.69, 9.17) is 0 Å². The monoisotopic (exact) mass is 244 g/mol. The first-order valence-corrected chi connectivity index (χ1v) is 4.91. The summed E-state index contributed by atoms with van der Waals surface area (Å²) in [7, 11) is 0. The van der Waals surface area contributed by atoms with Crippen LogP contribution in [0.25, 0.3) is 6.08 Å². The summed E-state index contributed by atoms with van der Waals surface area (Å²) in [5.41, 5.74) is -1.39. The number of carbonyl (C=O) groups is 1. The fourth-order valence-electron chi connectivity index (χ4n) is 1.41. The Labute approximate surface area is 96.7 Å². The van der Waals surface area contributed by atoms with Crippen LogP contribution in [0.1, 0.15) is 28.4 Å². The van der Waals surface area contributed by atoms with Gasteiger partial charge in [-0.05, 0) is 18.6 Å².